The largest absolute Gasteiger partial charge is 0.392 e. The van der Waals surface area contributed by atoms with Crippen molar-refractivity contribution in [2.24, 2.45) is 41.2 Å². The van der Waals surface area contributed by atoms with Crippen LogP contribution in [-0.2, 0) is 4.74 Å². The molecule has 3 rings (SSSR count). The van der Waals surface area contributed by atoms with E-state index >= 15 is 0 Å². The number of allylic oxidation sites excluding steroid dienone is 10. The van der Waals surface area contributed by atoms with Crippen LogP contribution in [0.5, 0.6) is 0 Å². The second-order valence-electron chi connectivity index (χ2n) is 14.7. The first-order valence-electron chi connectivity index (χ1n) is 18.4. The summed E-state index contributed by atoms with van der Waals surface area (Å²) in [6.45, 7) is 21.7. The van der Waals surface area contributed by atoms with Crippen LogP contribution in [0.15, 0.2) is 108 Å². The molecule has 0 aromatic heterocycles. The van der Waals surface area contributed by atoms with Gasteiger partial charge in [-0.25, -0.2) is 0 Å². The summed E-state index contributed by atoms with van der Waals surface area (Å²) in [4.78, 5) is 0. The smallest absolute Gasteiger partial charge is 0.388 e. The van der Waals surface area contributed by atoms with Crippen LogP contribution in [0.3, 0.4) is 0 Å². The summed E-state index contributed by atoms with van der Waals surface area (Å²) in [5, 5.41) is 11.6. The van der Waals surface area contributed by atoms with E-state index in [0.29, 0.717) is 24.3 Å². The number of aliphatic hydroxyl groups is 1. The highest BCUT2D eigenvalue weighted by molar-refractivity contribution is 5.45. The van der Waals surface area contributed by atoms with Crippen molar-refractivity contribution < 1.29 is 23.0 Å². The van der Waals surface area contributed by atoms with Crippen LogP contribution in [0, 0.1) is 35.5 Å². The van der Waals surface area contributed by atoms with Crippen molar-refractivity contribution in [1.82, 2.24) is 0 Å². The van der Waals surface area contributed by atoms with Crippen LogP contribution in [-0.4, -0.2) is 37.1 Å². The van der Waals surface area contributed by atoms with E-state index in [2.05, 4.69) is 52.3 Å². The Balaban J connectivity index is 1.67. The van der Waals surface area contributed by atoms with E-state index in [-0.39, 0.29) is 18.3 Å². The first-order chi connectivity index (χ1) is 23.3. The molecule has 0 amide bonds. The highest BCUT2D eigenvalue weighted by Crippen LogP contribution is 2.47. The zero-order chi connectivity index (χ0) is 36.1. The van der Waals surface area contributed by atoms with Crippen LogP contribution in [0.25, 0.3) is 0 Å². The molecule has 272 valence electrons. The molecule has 0 fully saturated rings. The van der Waals surface area contributed by atoms with E-state index in [0.717, 1.165) is 86.7 Å². The fourth-order valence-electron chi connectivity index (χ4n) is 8.07. The average molecular weight is 682 g/mol. The molecule has 0 radical (unpaired) electrons. The molecule has 8 atom stereocenters. The van der Waals surface area contributed by atoms with Gasteiger partial charge in [-0.1, -0.05) is 99.3 Å². The Kier molecular flexibility index (Phi) is 16.3. The molecule has 0 spiro atoms. The third-order valence-electron chi connectivity index (χ3n) is 11.1. The molecule has 3 N–H and O–H groups in total. The first-order valence-corrected chi connectivity index (χ1v) is 18.4. The monoisotopic (exact) mass is 681 g/mol. The molecular weight excluding hydrogens is 619 g/mol. The number of hydrogen-bond donors (Lipinski definition) is 2. The second-order valence-corrected chi connectivity index (χ2v) is 14.7. The normalized spacial score (nSPS) is 26.1. The Morgan fingerprint density at radius 1 is 1.10 bits per heavy atom. The molecule has 3 aliphatic rings. The van der Waals surface area contributed by atoms with Crippen molar-refractivity contribution >= 4 is 0 Å². The molecule has 0 bridgehead atoms. The number of nitrogens with two attached hydrogens (primary N) is 1. The Bertz CT molecular complexity index is 1300. The highest BCUT2D eigenvalue weighted by Gasteiger charge is 2.47. The molecule has 8 unspecified atom stereocenters. The number of aliphatic hydroxyl groups excluding tert-OH is 1. The van der Waals surface area contributed by atoms with Gasteiger partial charge in [-0.05, 0) is 111 Å². The third kappa shape index (κ3) is 11.7. The van der Waals surface area contributed by atoms with Gasteiger partial charge in [0.2, 0.25) is 0 Å². The minimum atomic E-state index is -4.35. The van der Waals surface area contributed by atoms with E-state index in [9.17, 15) is 18.3 Å². The van der Waals surface area contributed by atoms with Gasteiger partial charge in [-0.2, -0.15) is 13.2 Å². The summed E-state index contributed by atoms with van der Waals surface area (Å²) in [5.41, 5.74) is 12.3. The summed E-state index contributed by atoms with van der Waals surface area (Å²) < 4.78 is 48.8. The average Bonchev–Trinajstić information content (AvgIpc) is 3.31. The lowest BCUT2D eigenvalue weighted by molar-refractivity contribution is -0.189. The van der Waals surface area contributed by atoms with Crippen LogP contribution < -0.4 is 5.73 Å². The topological polar surface area (TPSA) is 55.5 Å². The first kappa shape index (κ1) is 40.8. The molecule has 0 aromatic rings. The van der Waals surface area contributed by atoms with Crippen LogP contribution in [0.4, 0.5) is 13.2 Å². The van der Waals surface area contributed by atoms with Crippen molar-refractivity contribution in [2.75, 3.05) is 13.7 Å². The third-order valence-corrected chi connectivity index (χ3v) is 11.1. The maximum absolute atomic E-state index is 14.5. The minimum absolute atomic E-state index is 0.102. The number of methoxy groups -OCH3 is 1. The zero-order valence-corrected chi connectivity index (χ0v) is 30.3. The van der Waals surface area contributed by atoms with Crippen LogP contribution in [0.2, 0.25) is 0 Å². The van der Waals surface area contributed by atoms with E-state index in [4.69, 9.17) is 10.5 Å². The van der Waals surface area contributed by atoms with Gasteiger partial charge in [0.25, 0.3) is 0 Å². The van der Waals surface area contributed by atoms with E-state index < -0.39 is 36.1 Å². The molecular formula is C43H62F3NO2. The van der Waals surface area contributed by atoms with Gasteiger partial charge in [0.05, 0.1) is 18.1 Å². The van der Waals surface area contributed by atoms with Gasteiger partial charge >= 0.3 is 6.18 Å². The van der Waals surface area contributed by atoms with Crippen LogP contribution >= 0.6 is 0 Å². The van der Waals surface area contributed by atoms with Crippen LogP contribution in [0.1, 0.15) is 90.9 Å². The maximum atomic E-state index is 14.5. The number of alkyl halides is 3. The predicted molar refractivity (Wildman–Crippen MR) is 200 cm³/mol. The molecule has 0 saturated heterocycles. The van der Waals surface area contributed by atoms with E-state index in [1.54, 1.807) is 13.2 Å². The quantitative estimate of drug-likeness (QED) is 0.105. The molecule has 3 aliphatic carbocycles. The number of halogens is 3. The molecule has 0 saturated carbocycles. The summed E-state index contributed by atoms with van der Waals surface area (Å²) in [7, 11) is 1.71. The number of hydrogen-bond acceptors (Lipinski definition) is 3. The molecule has 0 heterocycles. The lowest BCUT2D eigenvalue weighted by atomic mass is 9.70. The Hall–Kier alpha value is -2.67. The Morgan fingerprint density at radius 2 is 1.86 bits per heavy atom. The second kappa shape index (κ2) is 19.7. The van der Waals surface area contributed by atoms with Crippen molar-refractivity contribution in [3.05, 3.63) is 108 Å². The minimum Gasteiger partial charge on any atom is -0.388 e. The van der Waals surface area contributed by atoms with Crippen molar-refractivity contribution in [3.8, 4) is 0 Å². The van der Waals surface area contributed by atoms with Crippen molar-refractivity contribution in [3.63, 3.8) is 0 Å². The van der Waals surface area contributed by atoms with Gasteiger partial charge in [0.1, 0.15) is 0 Å². The maximum Gasteiger partial charge on any atom is 0.392 e. The SMILES string of the molecule is C=CCC1C=CC=CC=C1C(N)C(=C)C1=C(C)CCC(C(O)C(=C)C2C=CC(CC(=C)CCC(CCC)CCCOC)C(C(F)(F)F)C2)C1. The van der Waals surface area contributed by atoms with E-state index in [1.165, 1.54) is 5.57 Å². The summed E-state index contributed by atoms with van der Waals surface area (Å²) in [6.07, 6.45) is 19.4. The highest BCUT2D eigenvalue weighted by atomic mass is 19.4. The van der Waals surface area contributed by atoms with Gasteiger partial charge in [0.15, 0.2) is 0 Å². The zero-order valence-electron chi connectivity index (χ0n) is 30.3. The van der Waals surface area contributed by atoms with Gasteiger partial charge in [-0.15, -0.1) is 6.58 Å². The molecule has 49 heavy (non-hydrogen) atoms. The van der Waals surface area contributed by atoms with Gasteiger partial charge in [0, 0.05) is 25.6 Å². The molecule has 0 aromatic carbocycles. The summed E-state index contributed by atoms with van der Waals surface area (Å²) >= 11 is 0. The van der Waals surface area contributed by atoms with Gasteiger partial charge < -0.3 is 15.6 Å². The molecule has 6 heteroatoms. The number of rotatable bonds is 19. The Morgan fingerprint density at radius 3 is 2.53 bits per heavy atom. The Labute approximate surface area is 295 Å². The van der Waals surface area contributed by atoms with Crippen molar-refractivity contribution in [2.45, 2.75) is 109 Å². The van der Waals surface area contributed by atoms with E-state index in [1.807, 2.05) is 30.4 Å². The summed E-state index contributed by atoms with van der Waals surface area (Å²) in [5.74, 6) is -2.22. The lowest BCUT2D eigenvalue weighted by Gasteiger charge is -2.38. The standard InChI is InChI=1S/C43H62F3NO2/c1-8-14-33(16-13-25-49-7)21-19-29(3)26-36-24-23-35(28-40(36)43(44,45)46)31(5)42(48)37-22-20-30(4)39(27-37)32(6)41(47)38-18-12-10-11-17-34(38)15-9-2/h9-12,17-18,23-24,33-37,40-42,48H,2-3,5-6,8,13-16,19-22,25-28,47H2,1,4,7H3. The lowest BCUT2D eigenvalue weighted by Crippen LogP contribution is -2.37. The number of ether oxygens (including phenoxy) is 1. The predicted octanol–water partition coefficient (Wildman–Crippen LogP) is 11.1. The molecule has 3 nitrogen and oxygen atoms in total. The summed E-state index contributed by atoms with van der Waals surface area (Å²) in [6, 6.07) is -0.393. The fraction of sp³-hybridized carbons (Fsp3) is 0.581. The fourth-order valence-corrected chi connectivity index (χ4v) is 8.07. The molecule has 0 aliphatic heterocycles. The van der Waals surface area contributed by atoms with Gasteiger partial charge in [-0.3, -0.25) is 0 Å². The van der Waals surface area contributed by atoms with Crippen molar-refractivity contribution in [1.29, 1.82) is 0 Å².